The SMILES string of the molecule is O=c1[nH]c2cc3c(cc2cc1CN(Cc1ccco1)Cc1nnnn1CC1CCCO1)OCO3. The Balaban J connectivity index is 1.28. The first-order valence-corrected chi connectivity index (χ1v) is 11.3. The van der Waals surface area contributed by atoms with Crippen molar-refractivity contribution in [3.63, 3.8) is 0 Å². The summed E-state index contributed by atoms with van der Waals surface area (Å²) < 4.78 is 24.0. The Labute approximate surface area is 194 Å². The second kappa shape index (κ2) is 8.92. The van der Waals surface area contributed by atoms with Gasteiger partial charge in [0.25, 0.3) is 5.56 Å². The molecule has 1 saturated heterocycles. The van der Waals surface area contributed by atoms with Gasteiger partial charge in [-0.05, 0) is 47.5 Å². The number of hydrogen-bond acceptors (Lipinski definition) is 9. The minimum atomic E-state index is -0.158. The summed E-state index contributed by atoms with van der Waals surface area (Å²) in [5.41, 5.74) is 1.17. The molecule has 0 saturated carbocycles. The lowest BCUT2D eigenvalue weighted by Gasteiger charge is -2.21. The minimum absolute atomic E-state index is 0.122. The van der Waals surface area contributed by atoms with E-state index in [1.54, 1.807) is 17.0 Å². The molecule has 0 aliphatic carbocycles. The lowest BCUT2D eigenvalue weighted by molar-refractivity contribution is 0.0913. The maximum Gasteiger partial charge on any atom is 0.252 e. The third kappa shape index (κ3) is 4.27. The van der Waals surface area contributed by atoms with E-state index in [-0.39, 0.29) is 18.5 Å². The van der Waals surface area contributed by atoms with Gasteiger partial charge in [-0.1, -0.05) is 0 Å². The zero-order valence-corrected chi connectivity index (χ0v) is 18.5. The highest BCUT2D eigenvalue weighted by Gasteiger charge is 2.21. The maximum atomic E-state index is 12.9. The molecule has 176 valence electrons. The third-order valence-corrected chi connectivity index (χ3v) is 6.14. The predicted octanol–water partition coefficient (Wildman–Crippen LogP) is 2.22. The molecule has 2 aliphatic heterocycles. The Kier molecular flexibility index (Phi) is 5.47. The average molecular weight is 464 g/mol. The third-order valence-electron chi connectivity index (χ3n) is 6.14. The van der Waals surface area contributed by atoms with Crippen molar-refractivity contribution in [2.24, 2.45) is 0 Å². The number of ether oxygens (including phenoxy) is 3. The Bertz CT molecular complexity index is 1340. The number of H-pyrrole nitrogens is 1. The minimum Gasteiger partial charge on any atom is -0.468 e. The van der Waals surface area contributed by atoms with Gasteiger partial charge in [0, 0.05) is 30.2 Å². The molecule has 5 heterocycles. The molecule has 0 spiro atoms. The van der Waals surface area contributed by atoms with Crippen LogP contribution >= 0.6 is 0 Å². The number of furan rings is 1. The van der Waals surface area contributed by atoms with Crippen molar-refractivity contribution in [1.29, 1.82) is 0 Å². The molecule has 4 aromatic rings. The van der Waals surface area contributed by atoms with Gasteiger partial charge in [-0.25, -0.2) is 4.68 Å². The van der Waals surface area contributed by atoms with Gasteiger partial charge in [0.05, 0.1) is 37.5 Å². The zero-order valence-electron chi connectivity index (χ0n) is 18.5. The molecule has 0 bridgehead atoms. The van der Waals surface area contributed by atoms with E-state index in [9.17, 15) is 4.79 Å². The summed E-state index contributed by atoms with van der Waals surface area (Å²) in [6.45, 7) is 2.89. The molecule has 34 heavy (non-hydrogen) atoms. The summed E-state index contributed by atoms with van der Waals surface area (Å²) in [6.07, 6.45) is 3.82. The molecule has 2 aliphatic rings. The van der Waals surface area contributed by atoms with E-state index >= 15 is 0 Å². The van der Waals surface area contributed by atoms with E-state index in [4.69, 9.17) is 18.6 Å². The van der Waals surface area contributed by atoms with Gasteiger partial charge >= 0.3 is 0 Å². The highest BCUT2D eigenvalue weighted by molar-refractivity contribution is 5.83. The maximum absolute atomic E-state index is 12.9. The fourth-order valence-electron chi connectivity index (χ4n) is 4.45. The molecule has 1 atom stereocenters. The summed E-state index contributed by atoms with van der Waals surface area (Å²) in [6, 6.07) is 9.33. The quantitative estimate of drug-likeness (QED) is 0.418. The van der Waals surface area contributed by atoms with E-state index in [0.29, 0.717) is 54.6 Å². The fourth-order valence-corrected chi connectivity index (χ4v) is 4.45. The second-order valence-electron chi connectivity index (χ2n) is 8.55. The Morgan fingerprint density at radius 1 is 1.15 bits per heavy atom. The van der Waals surface area contributed by atoms with Crippen LogP contribution in [0.15, 0.2) is 45.8 Å². The van der Waals surface area contributed by atoms with Gasteiger partial charge in [-0.15, -0.1) is 5.10 Å². The molecule has 1 N–H and O–H groups in total. The molecule has 6 rings (SSSR count). The van der Waals surface area contributed by atoms with Gasteiger partial charge in [0.2, 0.25) is 6.79 Å². The van der Waals surface area contributed by atoms with Crippen LogP contribution in [-0.2, 0) is 30.9 Å². The van der Waals surface area contributed by atoms with Crippen LogP contribution in [0.25, 0.3) is 10.9 Å². The van der Waals surface area contributed by atoms with Gasteiger partial charge in [0.1, 0.15) is 5.76 Å². The lowest BCUT2D eigenvalue weighted by Crippen LogP contribution is -2.28. The highest BCUT2D eigenvalue weighted by atomic mass is 16.7. The molecule has 1 fully saturated rings. The van der Waals surface area contributed by atoms with Crippen LogP contribution in [0.2, 0.25) is 0 Å². The fraction of sp³-hybridized carbons (Fsp3) is 0.391. The second-order valence-corrected chi connectivity index (χ2v) is 8.55. The summed E-state index contributed by atoms with van der Waals surface area (Å²) in [4.78, 5) is 18.0. The van der Waals surface area contributed by atoms with Crippen LogP contribution in [0, 0.1) is 0 Å². The Morgan fingerprint density at radius 3 is 2.88 bits per heavy atom. The average Bonchev–Trinajstić information content (AvgIpc) is 3.63. The zero-order chi connectivity index (χ0) is 22.9. The molecule has 1 aromatic carbocycles. The number of pyridine rings is 1. The topological polar surface area (TPSA) is 121 Å². The first-order chi connectivity index (χ1) is 16.7. The van der Waals surface area contributed by atoms with E-state index in [2.05, 4.69) is 25.4 Å². The Hall–Kier alpha value is -3.70. The van der Waals surface area contributed by atoms with Crippen LogP contribution in [0.5, 0.6) is 11.5 Å². The van der Waals surface area contributed by atoms with E-state index in [0.717, 1.165) is 30.6 Å². The number of rotatable bonds is 8. The Morgan fingerprint density at radius 2 is 2.06 bits per heavy atom. The summed E-state index contributed by atoms with van der Waals surface area (Å²) >= 11 is 0. The predicted molar refractivity (Wildman–Crippen MR) is 119 cm³/mol. The molecule has 11 nitrogen and oxygen atoms in total. The van der Waals surface area contributed by atoms with Crippen LogP contribution in [0.3, 0.4) is 0 Å². The van der Waals surface area contributed by atoms with Crippen LogP contribution in [-0.4, -0.2) is 49.6 Å². The molecule has 1 unspecified atom stereocenters. The smallest absolute Gasteiger partial charge is 0.252 e. The van der Waals surface area contributed by atoms with Crippen LogP contribution in [0.4, 0.5) is 0 Å². The number of aromatic nitrogens is 5. The van der Waals surface area contributed by atoms with Gasteiger partial charge in [-0.2, -0.15) is 0 Å². The number of aromatic amines is 1. The number of hydrogen-bond donors (Lipinski definition) is 1. The number of benzene rings is 1. The van der Waals surface area contributed by atoms with Crippen molar-refractivity contribution in [2.45, 2.75) is 45.1 Å². The van der Waals surface area contributed by atoms with E-state index in [1.165, 1.54) is 0 Å². The van der Waals surface area contributed by atoms with Crippen molar-refractivity contribution in [3.05, 3.63) is 64.1 Å². The van der Waals surface area contributed by atoms with Gasteiger partial charge < -0.3 is 23.6 Å². The normalized spacial score (nSPS) is 17.3. The summed E-state index contributed by atoms with van der Waals surface area (Å²) in [7, 11) is 0. The van der Waals surface area contributed by atoms with E-state index in [1.807, 2.05) is 24.3 Å². The summed E-state index contributed by atoms with van der Waals surface area (Å²) in [5.74, 6) is 2.81. The van der Waals surface area contributed by atoms with Crippen LogP contribution in [0.1, 0.15) is 30.0 Å². The molecular formula is C23H24N6O5. The highest BCUT2D eigenvalue weighted by Crippen LogP contribution is 2.35. The first-order valence-electron chi connectivity index (χ1n) is 11.3. The van der Waals surface area contributed by atoms with Crippen molar-refractivity contribution >= 4 is 10.9 Å². The standard InChI is InChI=1S/C23H24N6O5/c30-23-16(7-15-8-20-21(34-14-33-20)9-19(15)24-23)10-28(11-17-3-1-5-31-17)13-22-25-26-27-29(22)12-18-4-2-6-32-18/h1,3,5,7-9,18H,2,4,6,10-14H2,(H,24,30). The number of nitrogens with one attached hydrogen (secondary N) is 1. The van der Waals surface area contributed by atoms with E-state index < -0.39 is 0 Å². The van der Waals surface area contributed by atoms with Gasteiger partial charge in [0.15, 0.2) is 17.3 Å². The molecule has 0 amide bonds. The molecule has 0 radical (unpaired) electrons. The van der Waals surface area contributed by atoms with Gasteiger partial charge in [-0.3, -0.25) is 9.69 Å². The monoisotopic (exact) mass is 464 g/mol. The number of tetrazole rings is 1. The van der Waals surface area contributed by atoms with Crippen molar-refractivity contribution < 1.29 is 18.6 Å². The number of fused-ring (bicyclic) bond motifs is 2. The molecule has 3 aromatic heterocycles. The van der Waals surface area contributed by atoms with Crippen molar-refractivity contribution in [1.82, 2.24) is 30.1 Å². The largest absolute Gasteiger partial charge is 0.468 e. The molecule has 11 heteroatoms. The van der Waals surface area contributed by atoms with Crippen molar-refractivity contribution in [3.8, 4) is 11.5 Å². The lowest BCUT2D eigenvalue weighted by atomic mass is 10.1. The number of nitrogens with zero attached hydrogens (tertiary/aromatic N) is 5. The summed E-state index contributed by atoms with van der Waals surface area (Å²) in [5, 5.41) is 13.2. The first kappa shape index (κ1) is 20.9. The molecular weight excluding hydrogens is 440 g/mol. The van der Waals surface area contributed by atoms with Crippen molar-refractivity contribution in [2.75, 3.05) is 13.4 Å². The van der Waals surface area contributed by atoms with Crippen LogP contribution < -0.4 is 15.0 Å².